The highest BCUT2D eigenvalue weighted by molar-refractivity contribution is 6.72. The molecule has 1 spiro atoms. The third-order valence-corrected chi connectivity index (χ3v) is 15.0. The molecule has 7 rings (SSSR count). The molecule has 3 amide bonds. The SMILES string of the molecule is CCOc1ccc2c(c1)CC(NCCCCO)C(=O)N2c1ccc(CN2C(=O)[C@@]3(O[C@@H](CC(=O)N4CCC[C@H]4CO)[C@H]([Si](C)(C)F)[C@H]3C)c3cc([N+](=O)[O-])ccc32)cc1. The van der Waals surface area contributed by atoms with Gasteiger partial charge in [0, 0.05) is 48.0 Å². The summed E-state index contributed by atoms with van der Waals surface area (Å²) in [4.78, 5) is 59.1. The minimum Gasteiger partial charge on any atom is -0.494 e. The maximum atomic E-state index is 16.5. The largest absolute Gasteiger partial charge is 0.494 e. The molecular weight excluding hydrogens is 778 g/mol. The van der Waals surface area contributed by atoms with E-state index in [1.807, 2.05) is 49.4 Å². The standard InChI is InChI=1S/C43H54FN5O9Si/c1-5-57-33-15-17-36-29(21-33)22-35(45-18-6-7-20-50)41(53)48(36)30-12-10-28(11-13-30)25-47-37-16-14-31(49(55)56)23-34(37)43(42(47)54)27(2)40(59(3,4)44)38(58-43)24-39(52)46-19-8-9-32(46)26-51/h10-17,21,23,27,32,35,38,40,45,50-51H,5-9,18-20,22,24-26H2,1-4H3/t27-,32+,35?,38+,40-,43+/m1/s1. The molecule has 3 aromatic rings. The van der Waals surface area contributed by atoms with Gasteiger partial charge < -0.3 is 38.9 Å². The summed E-state index contributed by atoms with van der Waals surface area (Å²) in [5.41, 5.74) is 0.858. The highest BCUT2D eigenvalue weighted by atomic mass is 28.4. The number of unbranched alkanes of at least 4 members (excludes halogenated alkanes) is 1. The van der Waals surface area contributed by atoms with Crippen LogP contribution in [0.15, 0.2) is 60.7 Å². The summed E-state index contributed by atoms with van der Waals surface area (Å²) in [5, 5.41) is 34.6. The van der Waals surface area contributed by atoms with Gasteiger partial charge in [-0.15, -0.1) is 0 Å². The lowest BCUT2D eigenvalue weighted by molar-refractivity contribution is -0.385. The summed E-state index contributed by atoms with van der Waals surface area (Å²) in [6.45, 7) is 8.20. The Hall–Kier alpha value is -4.74. The van der Waals surface area contributed by atoms with Crippen molar-refractivity contribution >= 4 is 48.9 Å². The lowest BCUT2D eigenvalue weighted by Gasteiger charge is -2.35. The van der Waals surface area contributed by atoms with Crippen LogP contribution in [0, 0.1) is 16.0 Å². The third-order valence-electron chi connectivity index (χ3n) is 12.5. The molecule has 0 saturated carbocycles. The Morgan fingerprint density at radius 2 is 1.83 bits per heavy atom. The monoisotopic (exact) mass is 831 g/mol. The zero-order valence-corrected chi connectivity index (χ0v) is 35.1. The third kappa shape index (κ3) is 7.88. The zero-order chi connectivity index (χ0) is 42.2. The Morgan fingerprint density at radius 1 is 1.08 bits per heavy atom. The number of carbonyl (C=O) groups is 3. The maximum Gasteiger partial charge on any atom is 0.269 e. The minimum absolute atomic E-state index is 0.0513. The number of benzene rings is 3. The van der Waals surface area contributed by atoms with Crippen LogP contribution in [0.1, 0.15) is 62.6 Å². The van der Waals surface area contributed by atoms with Crippen molar-refractivity contribution in [2.24, 2.45) is 5.92 Å². The Labute approximate surface area is 344 Å². The van der Waals surface area contributed by atoms with Gasteiger partial charge in [0.25, 0.3) is 11.6 Å². The first-order valence-electron chi connectivity index (χ1n) is 20.6. The van der Waals surface area contributed by atoms with E-state index < -0.39 is 48.4 Å². The zero-order valence-electron chi connectivity index (χ0n) is 34.1. The molecule has 4 aliphatic heterocycles. The average molecular weight is 832 g/mol. The van der Waals surface area contributed by atoms with Crippen LogP contribution in [0.2, 0.25) is 18.6 Å². The molecule has 0 bridgehead atoms. The molecule has 3 N–H and O–H groups in total. The Bertz CT molecular complexity index is 2080. The smallest absolute Gasteiger partial charge is 0.269 e. The van der Waals surface area contributed by atoms with Crippen molar-refractivity contribution in [1.82, 2.24) is 10.2 Å². The molecule has 4 aliphatic rings. The number of anilines is 3. The molecule has 2 fully saturated rings. The molecule has 14 nitrogen and oxygen atoms in total. The highest BCUT2D eigenvalue weighted by Crippen LogP contribution is 2.61. The molecule has 0 radical (unpaired) electrons. The number of rotatable bonds is 15. The number of nitro groups is 1. The van der Waals surface area contributed by atoms with E-state index >= 15 is 4.11 Å². The van der Waals surface area contributed by atoms with Crippen molar-refractivity contribution in [1.29, 1.82) is 0 Å². The molecule has 6 atom stereocenters. The van der Waals surface area contributed by atoms with E-state index in [1.54, 1.807) is 16.7 Å². The topological polar surface area (TPSA) is 175 Å². The number of fused-ring (bicyclic) bond motifs is 3. The molecule has 316 valence electrons. The fraction of sp³-hybridized carbons (Fsp3) is 0.512. The molecule has 3 aromatic carbocycles. The number of aliphatic hydroxyl groups excluding tert-OH is 2. The second-order valence-corrected chi connectivity index (χ2v) is 20.4. The first kappa shape index (κ1) is 42.4. The van der Waals surface area contributed by atoms with Crippen LogP contribution in [0.25, 0.3) is 0 Å². The van der Waals surface area contributed by atoms with Gasteiger partial charge in [0.15, 0.2) is 5.60 Å². The van der Waals surface area contributed by atoms with Crippen LogP contribution >= 0.6 is 0 Å². The number of hydrogen-bond donors (Lipinski definition) is 3. The Morgan fingerprint density at radius 3 is 2.51 bits per heavy atom. The maximum absolute atomic E-state index is 16.5. The molecule has 2 saturated heterocycles. The summed E-state index contributed by atoms with van der Waals surface area (Å²) in [7, 11) is -3.64. The Balaban J connectivity index is 1.20. The van der Waals surface area contributed by atoms with Gasteiger partial charge in [-0.05, 0) is 106 Å². The molecular formula is C43H54FN5O9Si. The number of nitro benzene ring substituents is 1. The van der Waals surface area contributed by atoms with Gasteiger partial charge in [0.1, 0.15) is 5.75 Å². The molecule has 0 aliphatic carbocycles. The quantitative estimate of drug-likeness (QED) is 0.0572. The van der Waals surface area contributed by atoms with Crippen molar-refractivity contribution in [3.63, 3.8) is 0 Å². The van der Waals surface area contributed by atoms with Crippen LogP contribution in [-0.4, -0.2) is 97.3 Å². The highest BCUT2D eigenvalue weighted by Gasteiger charge is 2.67. The molecule has 1 unspecified atom stereocenters. The van der Waals surface area contributed by atoms with E-state index in [4.69, 9.17) is 9.47 Å². The first-order chi connectivity index (χ1) is 28.2. The van der Waals surface area contributed by atoms with Crippen molar-refractivity contribution in [2.45, 2.75) is 101 Å². The normalized spacial score (nSPS) is 25.2. The summed E-state index contributed by atoms with van der Waals surface area (Å²) in [5.74, 6) is -0.959. The predicted octanol–water partition coefficient (Wildman–Crippen LogP) is 5.64. The van der Waals surface area contributed by atoms with Gasteiger partial charge in [0.2, 0.25) is 20.2 Å². The number of carbonyl (C=O) groups excluding carboxylic acids is 3. The summed E-state index contributed by atoms with van der Waals surface area (Å²) >= 11 is 0. The van der Waals surface area contributed by atoms with Crippen LogP contribution in [0.4, 0.5) is 26.9 Å². The number of hydrogen-bond acceptors (Lipinski definition) is 10. The number of likely N-dealkylation sites (tertiary alicyclic amines) is 1. The van der Waals surface area contributed by atoms with Crippen molar-refractivity contribution in [3.05, 3.63) is 87.5 Å². The van der Waals surface area contributed by atoms with Gasteiger partial charge in [-0.3, -0.25) is 29.4 Å². The number of aliphatic hydroxyl groups is 2. The second kappa shape index (κ2) is 17.1. The van der Waals surface area contributed by atoms with E-state index in [0.717, 1.165) is 17.7 Å². The van der Waals surface area contributed by atoms with Gasteiger partial charge in [-0.1, -0.05) is 19.1 Å². The van der Waals surface area contributed by atoms with Crippen LogP contribution in [0.5, 0.6) is 5.75 Å². The van der Waals surface area contributed by atoms with E-state index in [0.29, 0.717) is 68.1 Å². The van der Waals surface area contributed by atoms with Crippen LogP contribution < -0.4 is 19.9 Å². The van der Waals surface area contributed by atoms with Crippen molar-refractivity contribution in [3.8, 4) is 5.75 Å². The molecule has 4 heterocycles. The Kier molecular flexibility index (Phi) is 12.3. The number of halogens is 1. The molecule has 0 aromatic heterocycles. The lowest BCUT2D eigenvalue weighted by Crippen LogP contribution is -2.49. The minimum atomic E-state index is -3.64. The van der Waals surface area contributed by atoms with Gasteiger partial charge in [0.05, 0.1) is 60.7 Å². The van der Waals surface area contributed by atoms with Crippen LogP contribution in [0.3, 0.4) is 0 Å². The number of non-ortho nitro benzene ring substituents is 1. The molecule has 59 heavy (non-hydrogen) atoms. The van der Waals surface area contributed by atoms with Gasteiger partial charge in [-0.25, -0.2) is 0 Å². The average Bonchev–Trinajstić information content (AvgIpc) is 3.87. The summed E-state index contributed by atoms with van der Waals surface area (Å²) in [6, 6.07) is 16.3. The van der Waals surface area contributed by atoms with E-state index in [-0.39, 0.29) is 55.3 Å². The number of nitrogens with one attached hydrogen (secondary N) is 1. The number of amides is 3. The van der Waals surface area contributed by atoms with E-state index in [1.165, 1.54) is 36.2 Å². The van der Waals surface area contributed by atoms with E-state index in [2.05, 4.69) is 5.32 Å². The number of nitrogens with zero attached hydrogens (tertiary/aromatic N) is 4. The van der Waals surface area contributed by atoms with E-state index in [9.17, 15) is 34.7 Å². The van der Waals surface area contributed by atoms with Crippen molar-refractivity contribution < 1.29 is 43.1 Å². The lowest BCUT2D eigenvalue weighted by atomic mass is 9.82. The fourth-order valence-corrected chi connectivity index (χ4v) is 12.3. The van der Waals surface area contributed by atoms with Gasteiger partial charge >= 0.3 is 0 Å². The van der Waals surface area contributed by atoms with Crippen LogP contribution in [-0.2, 0) is 37.7 Å². The fourth-order valence-electron chi connectivity index (χ4n) is 9.80. The first-order valence-corrected chi connectivity index (χ1v) is 23.6. The molecule has 16 heteroatoms. The van der Waals surface area contributed by atoms with Gasteiger partial charge in [-0.2, -0.15) is 0 Å². The van der Waals surface area contributed by atoms with Crippen molar-refractivity contribution in [2.75, 3.05) is 42.7 Å². The predicted molar refractivity (Wildman–Crippen MR) is 222 cm³/mol. The number of ether oxygens (including phenoxy) is 2. The summed E-state index contributed by atoms with van der Waals surface area (Å²) in [6.07, 6.45) is 2.05. The summed E-state index contributed by atoms with van der Waals surface area (Å²) < 4.78 is 28.9. The second-order valence-electron chi connectivity index (χ2n) is 16.6.